The Balaban J connectivity index is 2.78. The largest absolute Gasteiger partial charge is 0.497 e. The van der Waals surface area contributed by atoms with Gasteiger partial charge in [0.25, 0.3) is 0 Å². The van der Waals surface area contributed by atoms with E-state index in [0.29, 0.717) is 5.92 Å². The molecule has 0 aromatic carbocycles. The van der Waals surface area contributed by atoms with Crippen molar-refractivity contribution in [2.24, 2.45) is 5.92 Å². The molecule has 0 aromatic heterocycles. The van der Waals surface area contributed by atoms with Crippen molar-refractivity contribution in [3.63, 3.8) is 0 Å². The van der Waals surface area contributed by atoms with Crippen LogP contribution in [0.1, 0.15) is 66.2 Å². The van der Waals surface area contributed by atoms with E-state index < -0.39 is 5.97 Å². The number of carboxylic acid groups (broad SMARTS) is 1. The molecule has 0 saturated heterocycles. The number of unbranched alkanes of at least 4 members (excludes halogenated alkanes) is 2. The fourth-order valence-electron chi connectivity index (χ4n) is 3.85. The maximum atomic E-state index is 10.6. The minimum Gasteiger partial charge on any atom is -0.497 e. The first-order valence-corrected chi connectivity index (χ1v) is 8.49. The Bertz CT molecular complexity index is 490. The van der Waals surface area contributed by atoms with E-state index in [1.165, 1.54) is 16.7 Å². The number of carbonyl (C=O) groups is 1. The highest BCUT2D eigenvalue weighted by Gasteiger charge is 2.42. The third-order valence-electron chi connectivity index (χ3n) is 5.35. The van der Waals surface area contributed by atoms with Gasteiger partial charge in [-0.1, -0.05) is 19.8 Å². The molecule has 0 saturated carbocycles. The van der Waals surface area contributed by atoms with Crippen LogP contribution in [0.3, 0.4) is 0 Å². The van der Waals surface area contributed by atoms with Crippen molar-refractivity contribution in [3.8, 4) is 0 Å². The molecule has 1 rings (SSSR count). The van der Waals surface area contributed by atoms with Crippen LogP contribution in [0.15, 0.2) is 22.5 Å². The fourth-order valence-corrected chi connectivity index (χ4v) is 3.85. The van der Waals surface area contributed by atoms with Crippen molar-refractivity contribution in [1.29, 1.82) is 0 Å². The van der Waals surface area contributed by atoms with Crippen LogP contribution in [0, 0.1) is 5.92 Å². The van der Waals surface area contributed by atoms with Crippen LogP contribution < -0.4 is 0 Å². The van der Waals surface area contributed by atoms with Crippen molar-refractivity contribution in [3.05, 3.63) is 22.5 Å². The van der Waals surface area contributed by atoms with Crippen molar-refractivity contribution >= 4 is 5.97 Å². The Morgan fingerprint density at radius 3 is 2.39 bits per heavy atom. The molecular formula is C19H32O4. The zero-order chi connectivity index (χ0) is 17.6. The summed E-state index contributed by atoms with van der Waals surface area (Å²) in [4.78, 5) is 10.6. The molecule has 1 aliphatic rings. The van der Waals surface area contributed by atoms with Crippen molar-refractivity contribution in [2.75, 3.05) is 14.2 Å². The highest BCUT2D eigenvalue weighted by molar-refractivity contribution is 5.66. The van der Waals surface area contributed by atoms with Gasteiger partial charge in [-0.05, 0) is 56.3 Å². The molecule has 1 aliphatic carbocycles. The molecule has 2 unspecified atom stereocenters. The van der Waals surface area contributed by atoms with Crippen LogP contribution >= 0.6 is 0 Å². The molecule has 0 amide bonds. The number of carboxylic acids is 1. The van der Waals surface area contributed by atoms with Crippen LogP contribution in [0.25, 0.3) is 0 Å². The molecule has 0 aliphatic heterocycles. The SMILES string of the molecule is COC1=C(C)CC(OC)(C(C)CCCCCC(=O)O)C(C)=C1C. The molecule has 2 atom stereocenters. The number of hydrogen-bond acceptors (Lipinski definition) is 3. The number of hydrogen-bond donors (Lipinski definition) is 1. The second-order valence-corrected chi connectivity index (χ2v) is 6.73. The second kappa shape index (κ2) is 8.53. The molecule has 0 spiro atoms. The van der Waals surface area contributed by atoms with Gasteiger partial charge >= 0.3 is 5.97 Å². The molecule has 0 aromatic rings. The Kier molecular flexibility index (Phi) is 7.33. The van der Waals surface area contributed by atoms with E-state index in [4.69, 9.17) is 14.6 Å². The van der Waals surface area contributed by atoms with Crippen LogP contribution in [-0.2, 0) is 14.3 Å². The van der Waals surface area contributed by atoms with E-state index in [2.05, 4.69) is 27.7 Å². The molecule has 0 fully saturated rings. The van der Waals surface area contributed by atoms with E-state index in [0.717, 1.165) is 37.9 Å². The lowest BCUT2D eigenvalue weighted by atomic mass is 9.71. The number of ether oxygens (including phenoxy) is 2. The fraction of sp³-hybridized carbons (Fsp3) is 0.737. The van der Waals surface area contributed by atoms with Gasteiger partial charge in [0.05, 0.1) is 12.7 Å². The molecule has 1 N–H and O–H groups in total. The first-order valence-electron chi connectivity index (χ1n) is 8.49. The zero-order valence-electron chi connectivity index (χ0n) is 15.5. The average molecular weight is 324 g/mol. The quantitative estimate of drug-likeness (QED) is 0.624. The standard InChI is InChI=1S/C19H32O4/c1-13-12-19(23-6,16(4)15(3)18(13)22-5)14(2)10-8-7-9-11-17(20)21/h14H,7-12H2,1-6H3,(H,20,21). The first kappa shape index (κ1) is 19.8. The predicted molar refractivity (Wildman–Crippen MR) is 92.3 cm³/mol. The summed E-state index contributed by atoms with van der Waals surface area (Å²) in [5, 5.41) is 8.70. The van der Waals surface area contributed by atoms with E-state index in [9.17, 15) is 4.79 Å². The van der Waals surface area contributed by atoms with Gasteiger partial charge in [0, 0.05) is 20.0 Å². The van der Waals surface area contributed by atoms with Crippen molar-refractivity contribution in [2.45, 2.75) is 71.8 Å². The van der Waals surface area contributed by atoms with Gasteiger partial charge in [-0.15, -0.1) is 0 Å². The monoisotopic (exact) mass is 324 g/mol. The van der Waals surface area contributed by atoms with Crippen LogP contribution in [-0.4, -0.2) is 30.9 Å². The highest BCUT2D eigenvalue weighted by Crippen LogP contribution is 2.45. The van der Waals surface area contributed by atoms with Gasteiger partial charge in [-0.2, -0.15) is 0 Å². The molecule has 0 radical (unpaired) electrons. The summed E-state index contributed by atoms with van der Waals surface area (Å²) in [5.74, 6) is 0.658. The van der Waals surface area contributed by atoms with E-state index in [-0.39, 0.29) is 12.0 Å². The summed E-state index contributed by atoms with van der Waals surface area (Å²) in [6.45, 7) is 8.60. The molecule has 0 bridgehead atoms. The summed E-state index contributed by atoms with van der Waals surface area (Å²) in [6.07, 6.45) is 4.89. The smallest absolute Gasteiger partial charge is 0.303 e. The van der Waals surface area contributed by atoms with Crippen LogP contribution in [0.2, 0.25) is 0 Å². The molecular weight excluding hydrogens is 292 g/mol. The second-order valence-electron chi connectivity index (χ2n) is 6.73. The Hall–Kier alpha value is -1.29. The lowest BCUT2D eigenvalue weighted by molar-refractivity contribution is -0.137. The third-order valence-corrected chi connectivity index (χ3v) is 5.35. The average Bonchev–Trinajstić information content (AvgIpc) is 2.50. The Labute approximate surface area is 140 Å². The van der Waals surface area contributed by atoms with Gasteiger partial charge in [-0.3, -0.25) is 4.79 Å². The van der Waals surface area contributed by atoms with Gasteiger partial charge in [0.15, 0.2) is 0 Å². The van der Waals surface area contributed by atoms with E-state index in [1.807, 2.05) is 0 Å². The third kappa shape index (κ3) is 4.37. The van der Waals surface area contributed by atoms with E-state index in [1.54, 1.807) is 14.2 Å². The molecule has 23 heavy (non-hydrogen) atoms. The number of rotatable bonds is 9. The lowest BCUT2D eigenvalue weighted by Gasteiger charge is -2.43. The lowest BCUT2D eigenvalue weighted by Crippen LogP contribution is -2.43. The Morgan fingerprint density at radius 2 is 1.87 bits per heavy atom. The molecule has 132 valence electrons. The predicted octanol–water partition coefficient (Wildman–Crippen LogP) is 4.70. The summed E-state index contributed by atoms with van der Waals surface area (Å²) >= 11 is 0. The molecule has 4 nitrogen and oxygen atoms in total. The Morgan fingerprint density at radius 1 is 1.22 bits per heavy atom. The summed E-state index contributed by atoms with van der Waals surface area (Å²) in [5.41, 5.74) is 3.38. The van der Waals surface area contributed by atoms with Gasteiger partial charge in [-0.25, -0.2) is 0 Å². The maximum Gasteiger partial charge on any atom is 0.303 e. The van der Waals surface area contributed by atoms with Crippen molar-refractivity contribution < 1.29 is 19.4 Å². The number of aliphatic carboxylic acids is 1. The van der Waals surface area contributed by atoms with Gasteiger partial charge < -0.3 is 14.6 Å². The topological polar surface area (TPSA) is 55.8 Å². The zero-order valence-corrected chi connectivity index (χ0v) is 15.5. The summed E-state index contributed by atoms with van der Waals surface area (Å²) in [6, 6.07) is 0. The highest BCUT2D eigenvalue weighted by atomic mass is 16.5. The maximum absolute atomic E-state index is 10.6. The normalized spacial score (nSPS) is 23.2. The summed E-state index contributed by atoms with van der Waals surface area (Å²) < 4.78 is 11.6. The van der Waals surface area contributed by atoms with Gasteiger partial charge in [0.2, 0.25) is 0 Å². The molecule has 4 heteroatoms. The minimum atomic E-state index is -0.707. The summed E-state index contributed by atoms with van der Waals surface area (Å²) in [7, 11) is 3.52. The first-order chi connectivity index (χ1) is 10.8. The van der Waals surface area contributed by atoms with E-state index >= 15 is 0 Å². The van der Waals surface area contributed by atoms with Crippen LogP contribution in [0.4, 0.5) is 0 Å². The number of methoxy groups -OCH3 is 2. The minimum absolute atomic E-state index is 0.265. The number of allylic oxidation sites excluding steroid dienone is 1. The van der Waals surface area contributed by atoms with Crippen molar-refractivity contribution in [1.82, 2.24) is 0 Å². The van der Waals surface area contributed by atoms with Gasteiger partial charge in [0.1, 0.15) is 5.76 Å². The van der Waals surface area contributed by atoms with Crippen LogP contribution in [0.5, 0.6) is 0 Å². The molecule has 0 heterocycles.